The lowest BCUT2D eigenvalue weighted by Gasteiger charge is -2.27. The third-order valence-corrected chi connectivity index (χ3v) is 3.82. The lowest BCUT2D eigenvalue weighted by Crippen LogP contribution is -2.40. The van der Waals surface area contributed by atoms with Gasteiger partial charge in [0.05, 0.1) is 6.42 Å². The minimum absolute atomic E-state index is 0.0781. The molecule has 0 aromatic carbocycles. The number of unbranched alkanes of at least 4 members (excludes halogenated alkanes) is 1. The normalized spacial score (nSPS) is 21.0. The Morgan fingerprint density at radius 2 is 2.11 bits per heavy atom. The van der Waals surface area contributed by atoms with Crippen molar-refractivity contribution >= 4 is 11.9 Å². The van der Waals surface area contributed by atoms with E-state index in [9.17, 15) is 9.59 Å². The van der Waals surface area contributed by atoms with Gasteiger partial charge < -0.3 is 10.0 Å². The molecule has 1 heterocycles. The van der Waals surface area contributed by atoms with Gasteiger partial charge in [0, 0.05) is 18.5 Å². The molecule has 0 radical (unpaired) electrons. The average molecular weight is 255 g/mol. The zero-order chi connectivity index (χ0) is 13.5. The smallest absolute Gasteiger partial charge is 0.305 e. The Morgan fingerprint density at radius 1 is 1.39 bits per heavy atom. The molecule has 0 aliphatic carbocycles. The van der Waals surface area contributed by atoms with Crippen LogP contribution in [0.4, 0.5) is 0 Å². The fourth-order valence-corrected chi connectivity index (χ4v) is 2.73. The molecule has 1 saturated heterocycles. The molecule has 0 spiro atoms. The Bertz CT molecular complexity index is 291. The van der Waals surface area contributed by atoms with E-state index >= 15 is 0 Å². The van der Waals surface area contributed by atoms with Crippen LogP contribution in [0.2, 0.25) is 0 Å². The van der Waals surface area contributed by atoms with Crippen LogP contribution in [0.15, 0.2) is 0 Å². The molecule has 1 aliphatic rings. The second kappa shape index (κ2) is 7.39. The monoisotopic (exact) mass is 255 g/mol. The molecule has 0 saturated carbocycles. The van der Waals surface area contributed by atoms with Crippen molar-refractivity contribution in [1.82, 2.24) is 4.90 Å². The second-order valence-electron chi connectivity index (χ2n) is 5.17. The zero-order valence-electron chi connectivity index (χ0n) is 11.5. The molecule has 1 N–H and O–H groups in total. The number of rotatable bonds is 7. The number of amides is 1. The largest absolute Gasteiger partial charge is 0.481 e. The van der Waals surface area contributed by atoms with Crippen LogP contribution >= 0.6 is 0 Å². The van der Waals surface area contributed by atoms with E-state index < -0.39 is 5.97 Å². The van der Waals surface area contributed by atoms with Crippen LogP contribution in [-0.4, -0.2) is 34.5 Å². The van der Waals surface area contributed by atoms with Crippen LogP contribution in [0.1, 0.15) is 58.8 Å². The number of carboxylic acid groups (broad SMARTS) is 1. The molecule has 104 valence electrons. The van der Waals surface area contributed by atoms with Crippen molar-refractivity contribution in [3.8, 4) is 0 Å². The van der Waals surface area contributed by atoms with Crippen LogP contribution in [0.5, 0.6) is 0 Å². The van der Waals surface area contributed by atoms with Gasteiger partial charge in [-0.05, 0) is 25.7 Å². The summed E-state index contributed by atoms with van der Waals surface area (Å²) in [5.41, 5.74) is 0. The van der Waals surface area contributed by atoms with Gasteiger partial charge >= 0.3 is 5.97 Å². The minimum atomic E-state index is -0.804. The van der Waals surface area contributed by atoms with E-state index in [4.69, 9.17) is 5.11 Å². The van der Waals surface area contributed by atoms with E-state index in [1.54, 1.807) is 0 Å². The lowest BCUT2D eigenvalue weighted by atomic mass is 9.97. The van der Waals surface area contributed by atoms with Crippen molar-refractivity contribution in [2.75, 3.05) is 6.54 Å². The van der Waals surface area contributed by atoms with Crippen LogP contribution in [0, 0.1) is 5.92 Å². The molecule has 2 unspecified atom stereocenters. The minimum Gasteiger partial charge on any atom is -0.481 e. The number of nitrogens with zero attached hydrogens (tertiary/aromatic N) is 1. The van der Waals surface area contributed by atoms with E-state index in [1.165, 1.54) is 0 Å². The Morgan fingerprint density at radius 3 is 2.67 bits per heavy atom. The summed E-state index contributed by atoms with van der Waals surface area (Å²) in [4.78, 5) is 25.0. The van der Waals surface area contributed by atoms with Gasteiger partial charge in [0.15, 0.2) is 0 Å². The number of likely N-dealkylation sites (tertiary alicyclic amines) is 1. The highest BCUT2D eigenvalue weighted by Crippen LogP contribution is 2.25. The molecule has 0 bridgehead atoms. The predicted molar refractivity (Wildman–Crippen MR) is 70.3 cm³/mol. The first-order chi connectivity index (χ1) is 8.60. The van der Waals surface area contributed by atoms with Crippen LogP contribution in [0.3, 0.4) is 0 Å². The molecule has 0 aromatic heterocycles. The van der Waals surface area contributed by atoms with Gasteiger partial charge in [0.2, 0.25) is 5.91 Å². The number of hydrogen-bond acceptors (Lipinski definition) is 2. The van der Waals surface area contributed by atoms with Crippen molar-refractivity contribution < 1.29 is 14.7 Å². The fourth-order valence-electron chi connectivity index (χ4n) is 2.73. The van der Waals surface area contributed by atoms with Gasteiger partial charge in [0.1, 0.15) is 0 Å². The maximum absolute atomic E-state index is 12.4. The Hall–Kier alpha value is -1.06. The maximum atomic E-state index is 12.4. The van der Waals surface area contributed by atoms with Crippen molar-refractivity contribution in [1.29, 1.82) is 0 Å². The molecule has 1 fully saturated rings. The van der Waals surface area contributed by atoms with Gasteiger partial charge in [-0.1, -0.05) is 26.7 Å². The van der Waals surface area contributed by atoms with Gasteiger partial charge in [0.25, 0.3) is 0 Å². The highest BCUT2D eigenvalue weighted by Gasteiger charge is 2.33. The summed E-state index contributed by atoms with van der Waals surface area (Å²) in [6.45, 7) is 4.90. The number of hydrogen-bond donors (Lipinski definition) is 1. The van der Waals surface area contributed by atoms with E-state index in [-0.39, 0.29) is 24.3 Å². The highest BCUT2D eigenvalue weighted by molar-refractivity contribution is 5.80. The molecule has 4 nitrogen and oxygen atoms in total. The quantitative estimate of drug-likeness (QED) is 0.761. The first kappa shape index (κ1) is 15.0. The molecular formula is C14H25NO3. The maximum Gasteiger partial charge on any atom is 0.305 e. The first-order valence-corrected chi connectivity index (χ1v) is 7.12. The summed E-state index contributed by atoms with van der Waals surface area (Å²) < 4.78 is 0. The van der Waals surface area contributed by atoms with Crippen molar-refractivity contribution in [2.45, 2.75) is 64.8 Å². The second-order valence-corrected chi connectivity index (χ2v) is 5.17. The summed E-state index contributed by atoms with van der Waals surface area (Å²) in [7, 11) is 0. The molecule has 2 atom stereocenters. The molecular weight excluding hydrogens is 230 g/mol. The molecule has 1 rings (SSSR count). The van der Waals surface area contributed by atoms with Crippen LogP contribution in [-0.2, 0) is 9.59 Å². The van der Waals surface area contributed by atoms with Gasteiger partial charge in [-0.2, -0.15) is 0 Å². The van der Waals surface area contributed by atoms with Gasteiger partial charge in [-0.15, -0.1) is 0 Å². The zero-order valence-corrected chi connectivity index (χ0v) is 11.5. The Kier molecular flexibility index (Phi) is 6.16. The fraction of sp³-hybridized carbons (Fsp3) is 0.857. The number of carboxylic acids is 1. The molecule has 1 amide bonds. The topological polar surface area (TPSA) is 57.6 Å². The third kappa shape index (κ3) is 4.00. The summed E-state index contributed by atoms with van der Waals surface area (Å²) in [6, 6.07) is -0.0781. The Labute approximate surface area is 109 Å². The third-order valence-electron chi connectivity index (χ3n) is 3.82. The SMILES string of the molecule is CCCCC(CC)C(=O)N1CCCC1CC(=O)O. The number of carbonyl (C=O) groups is 2. The summed E-state index contributed by atoms with van der Waals surface area (Å²) in [5, 5.41) is 8.87. The van der Waals surface area contributed by atoms with E-state index in [0.717, 1.165) is 45.1 Å². The van der Waals surface area contributed by atoms with Crippen LogP contribution < -0.4 is 0 Å². The van der Waals surface area contributed by atoms with Gasteiger partial charge in [-0.3, -0.25) is 9.59 Å². The molecule has 18 heavy (non-hydrogen) atoms. The molecule has 1 aliphatic heterocycles. The average Bonchev–Trinajstić information content (AvgIpc) is 2.77. The summed E-state index contributed by atoms with van der Waals surface area (Å²) in [5.74, 6) is -0.546. The molecule has 4 heteroatoms. The van der Waals surface area contributed by atoms with Gasteiger partial charge in [-0.25, -0.2) is 0 Å². The van der Waals surface area contributed by atoms with Crippen molar-refractivity contribution in [2.24, 2.45) is 5.92 Å². The van der Waals surface area contributed by atoms with E-state index in [1.807, 2.05) is 11.8 Å². The van der Waals surface area contributed by atoms with Crippen LogP contribution in [0.25, 0.3) is 0 Å². The number of carbonyl (C=O) groups excluding carboxylic acids is 1. The van der Waals surface area contributed by atoms with E-state index in [0.29, 0.717) is 0 Å². The first-order valence-electron chi connectivity index (χ1n) is 7.12. The standard InChI is InChI=1S/C14H25NO3/c1-3-5-7-11(4-2)14(18)15-9-6-8-12(15)10-13(16)17/h11-12H,3-10H2,1-2H3,(H,16,17). The van der Waals surface area contributed by atoms with Crippen molar-refractivity contribution in [3.05, 3.63) is 0 Å². The number of aliphatic carboxylic acids is 1. The van der Waals surface area contributed by atoms with E-state index in [2.05, 4.69) is 6.92 Å². The molecule has 0 aromatic rings. The lowest BCUT2D eigenvalue weighted by molar-refractivity contribution is -0.141. The highest BCUT2D eigenvalue weighted by atomic mass is 16.4. The Balaban J connectivity index is 2.59. The van der Waals surface area contributed by atoms with Crippen molar-refractivity contribution in [3.63, 3.8) is 0 Å². The summed E-state index contributed by atoms with van der Waals surface area (Å²) in [6.07, 6.45) is 5.83. The summed E-state index contributed by atoms with van der Waals surface area (Å²) >= 11 is 0. The predicted octanol–water partition coefficient (Wildman–Crippen LogP) is 2.67.